The molecule has 33 heavy (non-hydrogen) atoms. The van der Waals surface area contributed by atoms with Gasteiger partial charge in [0.15, 0.2) is 0 Å². The summed E-state index contributed by atoms with van der Waals surface area (Å²) in [7, 11) is 0. The summed E-state index contributed by atoms with van der Waals surface area (Å²) in [4.78, 5) is 8.84. The van der Waals surface area contributed by atoms with Gasteiger partial charge < -0.3 is 10.7 Å². The summed E-state index contributed by atoms with van der Waals surface area (Å²) in [6.07, 6.45) is 27.9. The number of nitrogens with one attached hydrogen (secondary N) is 2. The molecule has 3 heterocycles. The zero-order valence-electron chi connectivity index (χ0n) is 19.3. The molecule has 0 saturated carbocycles. The Bertz CT molecular complexity index is 1160. The maximum absolute atomic E-state index is 5.61. The standard InChI is InChI=1S/C28H31N5/c1-4-21(3)28-19-29-13-8-9-24(25-15-22(5-2)16-30-17-25)20-33(28)32-14-12-23-18-31-27-11-7-6-10-26(23)27/h2,6-11,13,15-21,26-27,31-32H,4,12,14H2,1,3H3. The average Bonchev–Trinajstić information content (AvgIpc) is 3.30. The molecular weight excluding hydrogens is 406 g/mol. The first-order valence-electron chi connectivity index (χ1n) is 11.6. The molecule has 1 aliphatic carbocycles. The number of pyridine rings is 1. The molecule has 5 heteroatoms. The second kappa shape index (κ2) is 10.7. The third kappa shape index (κ3) is 5.35. The lowest BCUT2D eigenvalue weighted by atomic mass is 9.90. The smallest absolute Gasteiger partial charge is 0.0604 e. The van der Waals surface area contributed by atoms with Gasteiger partial charge in [-0.05, 0) is 42.7 Å². The SMILES string of the molecule is C#Cc1cncc(-c2cccncc(C(C)CC)n(NCCC3=CNC4C=CC=CC34)c2)c1. The van der Waals surface area contributed by atoms with Crippen LogP contribution in [-0.4, -0.2) is 27.2 Å². The van der Waals surface area contributed by atoms with E-state index in [2.05, 4.69) is 81.9 Å². The second-order valence-corrected chi connectivity index (χ2v) is 8.45. The Kier molecular flexibility index (Phi) is 7.26. The van der Waals surface area contributed by atoms with Crippen molar-refractivity contribution < 1.29 is 0 Å². The Morgan fingerprint density at radius 3 is 2.91 bits per heavy atom. The van der Waals surface area contributed by atoms with E-state index >= 15 is 0 Å². The van der Waals surface area contributed by atoms with Gasteiger partial charge in [0.1, 0.15) is 0 Å². The van der Waals surface area contributed by atoms with Gasteiger partial charge in [0.25, 0.3) is 0 Å². The highest BCUT2D eigenvalue weighted by atomic mass is 15.4. The highest BCUT2D eigenvalue weighted by Crippen LogP contribution is 2.28. The van der Waals surface area contributed by atoms with Gasteiger partial charge in [0.2, 0.25) is 0 Å². The molecule has 1 aliphatic heterocycles. The van der Waals surface area contributed by atoms with Crippen LogP contribution in [0.1, 0.15) is 43.9 Å². The van der Waals surface area contributed by atoms with Gasteiger partial charge in [0, 0.05) is 60.1 Å². The Labute approximate surface area is 196 Å². The van der Waals surface area contributed by atoms with Crippen LogP contribution in [0.5, 0.6) is 0 Å². The quantitative estimate of drug-likeness (QED) is 0.592. The van der Waals surface area contributed by atoms with Gasteiger partial charge in [-0.25, -0.2) is 0 Å². The van der Waals surface area contributed by atoms with E-state index < -0.39 is 0 Å². The van der Waals surface area contributed by atoms with E-state index in [1.807, 2.05) is 36.8 Å². The predicted octanol–water partition coefficient (Wildman–Crippen LogP) is 5.10. The molecule has 0 spiro atoms. The van der Waals surface area contributed by atoms with Crippen molar-refractivity contribution in [2.75, 3.05) is 12.0 Å². The van der Waals surface area contributed by atoms with Gasteiger partial charge in [-0.2, -0.15) is 0 Å². The Hall–Kier alpha value is -3.78. The van der Waals surface area contributed by atoms with E-state index in [1.165, 1.54) is 5.57 Å². The van der Waals surface area contributed by atoms with E-state index in [1.54, 1.807) is 6.20 Å². The fraction of sp³-hybridized carbons (Fsp3) is 0.286. The zero-order valence-corrected chi connectivity index (χ0v) is 19.3. The molecule has 2 aliphatic rings. The van der Waals surface area contributed by atoms with E-state index in [-0.39, 0.29) is 0 Å². The monoisotopic (exact) mass is 437 g/mol. The number of allylic oxidation sites excluding steroid dienone is 2. The molecular formula is C28H31N5. The van der Waals surface area contributed by atoms with Gasteiger partial charge >= 0.3 is 0 Å². The minimum Gasteiger partial charge on any atom is -0.384 e. The third-order valence-electron chi connectivity index (χ3n) is 6.28. The maximum Gasteiger partial charge on any atom is 0.0604 e. The molecule has 4 rings (SSSR count). The summed E-state index contributed by atoms with van der Waals surface area (Å²) in [6, 6.07) is 6.35. The predicted molar refractivity (Wildman–Crippen MR) is 135 cm³/mol. The van der Waals surface area contributed by atoms with Crippen LogP contribution in [0.3, 0.4) is 0 Å². The molecule has 0 fully saturated rings. The van der Waals surface area contributed by atoms with Crippen LogP contribution < -0.4 is 10.7 Å². The van der Waals surface area contributed by atoms with Crippen molar-refractivity contribution in [1.29, 1.82) is 0 Å². The summed E-state index contributed by atoms with van der Waals surface area (Å²) in [5, 5.41) is 3.48. The molecule has 0 amide bonds. The van der Waals surface area contributed by atoms with E-state index in [9.17, 15) is 0 Å². The molecule has 0 aromatic carbocycles. The van der Waals surface area contributed by atoms with Crippen LogP contribution in [0.2, 0.25) is 0 Å². The van der Waals surface area contributed by atoms with Crippen LogP contribution in [0, 0.1) is 18.3 Å². The lowest BCUT2D eigenvalue weighted by Gasteiger charge is -2.21. The van der Waals surface area contributed by atoms with Crippen LogP contribution in [0.4, 0.5) is 0 Å². The summed E-state index contributed by atoms with van der Waals surface area (Å²) >= 11 is 0. The lowest BCUT2D eigenvalue weighted by Crippen LogP contribution is -2.26. The van der Waals surface area contributed by atoms with Crippen molar-refractivity contribution in [3.8, 4) is 23.5 Å². The molecule has 2 aromatic heterocycles. The van der Waals surface area contributed by atoms with E-state index in [4.69, 9.17) is 6.42 Å². The molecule has 0 saturated heterocycles. The van der Waals surface area contributed by atoms with Gasteiger partial charge in [-0.3, -0.25) is 14.6 Å². The largest absolute Gasteiger partial charge is 0.384 e. The van der Waals surface area contributed by atoms with E-state index in [0.717, 1.165) is 41.8 Å². The number of aromatic nitrogens is 3. The van der Waals surface area contributed by atoms with Gasteiger partial charge in [-0.1, -0.05) is 50.1 Å². The number of rotatable bonds is 7. The Morgan fingerprint density at radius 1 is 1.18 bits per heavy atom. The molecule has 0 bridgehead atoms. The molecule has 0 radical (unpaired) electrons. The van der Waals surface area contributed by atoms with Crippen molar-refractivity contribution in [3.63, 3.8) is 0 Å². The first-order chi connectivity index (χ1) is 16.2. The van der Waals surface area contributed by atoms with Crippen molar-refractivity contribution in [3.05, 3.63) is 96.5 Å². The number of terminal acetylenes is 1. The van der Waals surface area contributed by atoms with Crippen LogP contribution in [-0.2, 0) is 0 Å². The number of fused-ring (bicyclic) bond motifs is 1. The summed E-state index contributed by atoms with van der Waals surface area (Å²) in [5.74, 6) is 3.45. The summed E-state index contributed by atoms with van der Waals surface area (Å²) < 4.78 is 2.12. The first kappa shape index (κ1) is 22.4. The summed E-state index contributed by atoms with van der Waals surface area (Å²) in [6.45, 7) is 5.23. The van der Waals surface area contributed by atoms with Crippen LogP contribution in [0.15, 0.2) is 85.3 Å². The van der Waals surface area contributed by atoms with Gasteiger partial charge in [-0.15, -0.1) is 6.42 Å². The molecule has 2 N–H and O–H groups in total. The average molecular weight is 438 g/mol. The number of hydrogen-bond acceptors (Lipinski definition) is 4. The van der Waals surface area contributed by atoms with Crippen molar-refractivity contribution >= 4 is 0 Å². The highest BCUT2D eigenvalue weighted by Gasteiger charge is 2.26. The molecule has 2 aromatic rings. The maximum atomic E-state index is 5.61. The fourth-order valence-electron chi connectivity index (χ4n) is 4.17. The first-order valence-corrected chi connectivity index (χ1v) is 11.6. The lowest BCUT2D eigenvalue weighted by molar-refractivity contribution is 0.611. The van der Waals surface area contributed by atoms with E-state index in [0.29, 0.717) is 17.9 Å². The number of hydrogen-bond donors (Lipinski definition) is 2. The normalized spacial score (nSPS) is 19.0. The van der Waals surface area contributed by atoms with Crippen LogP contribution in [0.25, 0.3) is 11.1 Å². The zero-order chi connectivity index (χ0) is 23.0. The summed E-state index contributed by atoms with van der Waals surface area (Å²) in [5.41, 5.74) is 8.92. The van der Waals surface area contributed by atoms with Crippen molar-refractivity contribution in [1.82, 2.24) is 20.0 Å². The Balaban J connectivity index is 1.65. The third-order valence-corrected chi connectivity index (χ3v) is 6.28. The molecule has 168 valence electrons. The van der Waals surface area contributed by atoms with Crippen LogP contribution >= 0.6 is 0 Å². The second-order valence-electron chi connectivity index (χ2n) is 8.45. The minimum absolute atomic E-state index is 0.337. The Morgan fingerprint density at radius 2 is 2.06 bits per heavy atom. The minimum atomic E-state index is 0.337. The van der Waals surface area contributed by atoms with Gasteiger partial charge in [0.05, 0.1) is 11.7 Å². The molecule has 3 unspecified atom stereocenters. The fourth-order valence-corrected chi connectivity index (χ4v) is 4.17. The highest BCUT2D eigenvalue weighted by molar-refractivity contribution is 5.62. The number of nitrogens with zero attached hydrogens (tertiary/aromatic N) is 3. The van der Waals surface area contributed by atoms with Crippen molar-refractivity contribution in [2.24, 2.45) is 5.92 Å². The molecule has 5 nitrogen and oxygen atoms in total. The molecule has 3 atom stereocenters. The topological polar surface area (TPSA) is 54.8 Å². The van der Waals surface area contributed by atoms with Crippen molar-refractivity contribution in [2.45, 2.75) is 38.6 Å².